The van der Waals surface area contributed by atoms with E-state index in [0.29, 0.717) is 17.4 Å². The Labute approximate surface area is 182 Å². The van der Waals surface area contributed by atoms with Crippen LogP contribution in [0, 0.1) is 5.41 Å². The van der Waals surface area contributed by atoms with Gasteiger partial charge in [-0.15, -0.1) is 6.58 Å². The Morgan fingerprint density at radius 3 is 2.26 bits per heavy atom. The van der Waals surface area contributed by atoms with Gasteiger partial charge in [-0.05, 0) is 22.3 Å². The molecule has 162 valence electrons. The molecule has 2 N–H and O–H groups in total. The van der Waals surface area contributed by atoms with Crippen molar-refractivity contribution in [1.82, 2.24) is 5.32 Å². The first-order valence-electron chi connectivity index (χ1n) is 10.6. The van der Waals surface area contributed by atoms with Crippen LogP contribution in [0.25, 0.3) is 11.1 Å². The summed E-state index contributed by atoms with van der Waals surface area (Å²) in [5.41, 5.74) is 3.81. The molecule has 0 spiro atoms. The number of carboxylic acid groups (broad SMARTS) is 1. The summed E-state index contributed by atoms with van der Waals surface area (Å²) in [6.45, 7) is 5.45. The zero-order valence-corrected chi connectivity index (χ0v) is 18.0. The van der Waals surface area contributed by atoms with Crippen LogP contribution < -0.4 is 5.32 Å². The Balaban J connectivity index is 1.49. The van der Waals surface area contributed by atoms with Crippen molar-refractivity contribution in [2.24, 2.45) is 5.41 Å². The number of fused-ring (bicyclic) bond motifs is 3. The number of hydrogen-bond acceptors (Lipinski definition) is 3. The number of carboxylic acids is 1. The number of ether oxygens (including phenoxy) is 1. The van der Waals surface area contributed by atoms with Gasteiger partial charge in [-0.1, -0.05) is 54.6 Å². The van der Waals surface area contributed by atoms with Gasteiger partial charge in [0.2, 0.25) is 0 Å². The van der Waals surface area contributed by atoms with Gasteiger partial charge in [0, 0.05) is 12.3 Å². The molecule has 0 radical (unpaired) electrons. The molecule has 1 aliphatic heterocycles. The van der Waals surface area contributed by atoms with Crippen LogP contribution in [0.5, 0.6) is 0 Å². The molecule has 2 aromatic carbocycles. The lowest BCUT2D eigenvalue weighted by molar-refractivity contribution is -0.880. The maximum Gasteiger partial charge on any atom is 0.407 e. The van der Waals surface area contributed by atoms with Crippen LogP contribution in [-0.4, -0.2) is 61.5 Å². The van der Waals surface area contributed by atoms with Crippen LogP contribution in [0.2, 0.25) is 0 Å². The van der Waals surface area contributed by atoms with Crippen molar-refractivity contribution in [3.63, 3.8) is 0 Å². The second-order valence-electron chi connectivity index (χ2n) is 9.25. The maximum absolute atomic E-state index is 12.7. The number of amides is 1. The second kappa shape index (κ2) is 7.85. The molecule has 4 rings (SSSR count). The summed E-state index contributed by atoms with van der Waals surface area (Å²) in [7, 11) is 4.11. The second-order valence-corrected chi connectivity index (χ2v) is 9.25. The predicted octanol–water partition coefficient (Wildman–Crippen LogP) is 3.63. The van der Waals surface area contributed by atoms with E-state index in [4.69, 9.17) is 4.74 Å². The number of likely N-dealkylation sites (tertiary alicyclic amines) is 1. The van der Waals surface area contributed by atoms with Gasteiger partial charge in [-0.2, -0.15) is 0 Å². The molecule has 2 atom stereocenters. The van der Waals surface area contributed by atoms with E-state index < -0.39 is 23.5 Å². The average Bonchev–Trinajstić information content (AvgIpc) is 3.25. The highest BCUT2D eigenvalue weighted by Crippen LogP contribution is 2.44. The van der Waals surface area contributed by atoms with Gasteiger partial charge < -0.3 is 19.6 Å². The van der Waals surface area contributed by atoms with Crippen molar-refractivity contribution >= 4 is 12.1 Å². The summed E-state index contributed by atoms with van der Waals surface area (Å²) in [6.07, 6.45) is 1.61. The Morgan fingerprint density at radius 1 is 1.19 bits per heavy atom. The summed E-state index contributed by atoms with van der Waals surface area (Å²) in [5.74, 6) is -1.15. The molecule has 1 amide bonds. The zero-order chi connectivity index (χ0) is 22.2. The SMILES string of the molecule is C=C[C@]1([C@@H](NC(=O)OCC2c3ccccc3-c3ccccc32)C(=O)O)CC[N+](C)(C)C1. The average molecular weight is 422 g/mol. The van der Waals surface area contributed by atoms with E-state index in [9.17, 15) is 14.7 Å². The summed E-state index contributed by atoms with van der Waals surface area (Å²) < 4.78 is 6.25. The predicted molar refractivity (Wildman–Crippen MR) is 119 cm³/mol. The smallest absolute Gasteiger partial charge is 0.407 e. The largest absolute Gasteiger partial charge is 0.480 e. The van der Waals surface area contributed by atoms with Crippen molar-refractivity contribution in [2.75, 3.05) is 33.8 Å². The van der Waals surface area contributed by atoms with Gasteiger partial charge in [-0.3, -0.25) is 0 Å². The number of alkyl carbamates (subject to hydrolysis) is 1. The quantitative estimate of drug-likeness (QED) is 0.552. The minimum absolute atomic E-state index is 0.0723. The number of nitrogens with one attached hydrogen (secondary N) is 1. The molecule has 1 fully saturated rings. The first kappa shape index (κ1) is 21.1. The van der Waals surface area contributed by atoms with E-state index in [0.717, 1.165) is 28.8 Å². The first-order chi connectivity index (χ1) is 14.8. The fourth-order valence-corrected chi connectivity index (χ4v) is 5.20. The first-order valence-corrected chi connectivity index (χ1v) is 10.6. The molecule has 31 heavy (non-hydrogen) atoms. The number of quaternary nitrogens is 1. The van der Waals surface area contributed by atoms with Crippen molar-refractivity contribution in [3.05, 3.63) is 72.3 Å². The zero-order valence-electron chi connectivity index (χ0n) is 18.0. The molecule has 1 aliphatic carbocycles. The fraction of sp³-hybridized carbons (Fsp3) is 0.360. The molecule has 2 aliphatic rings. The number of rotatable bonds is 6. The molecule has 6 heteroatoms. The highest BCUT2D eigenvalue weighted by Gasteiger charge is 2.51. The normalized spacial score (nSPS) is 22.3. The van der Waals surface area contributed by atoms with E-state index >= 15 is 0 Å². The van der Waals surface area contributed by atoms with Crippen molar-refractivity contribution in [3.8, 4) is 11.1 Å². The van der Waals surface area contributed by atoms with Crippen LogP contribution in [0.3, 0.4) is 0 Å². The fourth-order valence-electron chi connectivity index (χ4n) is 5.20. The molecule has 1 heterocycles. The number of carbonyl (C=O) groups is 2. The topological polar surface area (TPSA) is 75.6 Å². The van der Waals surface area contributed by atoms with E-state index in [1.807, 2.05) is 36.4 Å². The minimum Gasteiger partial charge on any atom is -0.480 e. The Hall–Kier alpha value is -3.12. The lowest BCUT2D eigenvalue weighted by Crippen LogP contribution is -2.54. The summed E-state index contributed by atoms with van der Waals surface area (Å²) >= 11 is 0. The Bertz CT molecular complexity index is 986. The van der Waals surface area contributed by atoms with Crippen LogP contribution in [-0.2, 0) is 9.53 Å². The third-order valence-corrected chi connectivity index (χ3v) is 6.74. The Morgan fingerprint density at radius 2 is 1.77 bits per heavy atom. The van der Waals surface area contributed by atoms with Crippen LogP contribution >= 0.6 is 0 Å². The van der Waals surface area contributed by atoms with E-state index in [2.05, 4.69) is 38.1 Å². The number of nitrogens with zero attached hydrogens (tertiary/aromatic N) is 1. The Kier molecular flexibility index (Phi) is 5.35. The van der Waals surface area contributed by atoms with Crippen molar-refractivity contribution < 1.29 is 23.9 Å². The summed E-state index contributed by atoms with van der Waals surface area (Å²) in [4.78, 5) is 24.7. The van der Waals surface area contributed by atoms with Gasteiger partial charge in [-0.25, -0.2) is 9.59 Å². The van der Waals surface area contributed by atoms with E-state index in [1.165, 1.54) is 0 Å². The molecule has 0 bridgehead atoms. The third-order valence-electron chi connectivity index (χ3n) is 6.74. The third kappa shape index (κ3) is 3.83. The van der Waals surface area contributed by atoms with E-state index in [-0.39, 0.29) is 12.5 Å². The van der Waals surface area contributed by atoms with Crippen molar-refractivity contribution in [1.29, 1.82) is 0 Å². The van der Waals surface area contributed by atoms with Gasteiger partial charge in [0.25, 0.3) is 0 Å². The van der Waals surface area contributed by atoms with Gasteiger partial charge in [0.15, 0.2) is 0 Å². The molecule has 0 aromatic heterocycles. The van der Waals surface area contributed by atoms with Gasteiger partial charge >= 0.3 is 12.1 Å². The van der Waals surface area contributed by atoms with Gasteiger partial charge in [0.1, 0.15) is 12.6 Å². The standard InChI is InChI=1S/C25H28N2O4/c1-4-25(13-14-27(2,3)16-25)22(23(28)29)26-24(30)31-15-21-19-11-7-5-9-17(19)18-10-6-8-12-20(18)21/h4-12,21-22H,1,13-16H2,2-3H3,(H-,26,28,29,30)/p+1/t22-,25-/m0/s1. The van der Waals surface area contributed by atoms with Crippen LogP contribution in [0.15, 0.2) is 61.2 Å². The highest BCUT2D eigenvalue weighted by atomic mass is 16.5. The number of benzene rings is 2. The van der Waals surface area contributed by atoms with Crippen molar-refractivity contribution in [2.45, 2.75) is 18.4 Å². The monoisotopic (exact) mass is 421 g/mol. The molecule has 2 aromatic rings. The number of hydrogen-bond donors (Lipinski definition) is 2. The molecule has 1 saturated heterocycles. The number of aliphatic carboxylic acids is 1. The minimum atomic E-state index is -1.08. The lowest BCUT2D eigenvalue weighted by atomic mass is 9.79. The molecule has 0 unspecified atom stereocenters. The lowest BCUT2D eigenvalue weighted by Gasteiger charge is -2.32. The van der Waals surface area contributed by atoms with Crippen LogP contribution in [0.1, 0.15) is 23.5 Å². The molecule has 6 nitrogen and oxygen atoms in total. The maximum atomic E-state index is 12.7. The van der Waals surface area contributed by atoms with Gasteiger partial charge in [0.05, 0.1) is 32.6 Å². The van der Waals surface area contributed by atoms with E-state index in [1.54, 1.807) is 6.08 Å². The summed E-state index contributed by atoms with van der Waals surface area (Å²) in [6, 6.07) is 15.1. The van der Waals surface area contributed by atoms with Crippen LogP contribution in [0.4, 0.5) is 4.79 Å². The highest BCUT2D eigenvalue weighted by molar-refractivity contribution is 5.82. The summed E-state index contributed by atoms with van der Waals surface area (Å²) in [5, 5.41) is 12.5. The number of carbonyl (C=O) groups excluding carboxylic acids is 1. The molecule has 0 saturated carbocycles. The molecular weight excluding hydrogens is 392 g/mol. The molecular formula is C25H29N2O4+.